The first kappa shape index (κ1) is 19.7. The molecule has 2 nitrogen and oxygen atoms in total. The topological polar surface area (TPSA) is 27.7 Å². The molecule has 0 bridgehead atoms. The smallest absolute Gasteiger partial charge is 0.418 e. The fraction of sp³-hybridized carbons (Fsp3) is 0.294. The first-order chi connectivity index (χ1) is 11.0. The van der Waals surface area contributed by atoms with Crippen LogP contribution in [0.5, 0.6) is 0 Å². The first-order valence-corrected chi connectivity index (χ1v) is 7.35. The highest BCUT2D eigenvalue weighted by Crippen LogP contribution is 2.22. The van der Waals surface area contributed by atoms with Gasteiger partial charge in [-0.05, 0) is 11.0 Å². The zero-order valence-corrected chi connectivity index (χ0v) is 13.8. The Balaban J connectivity index is 0.000000505. The van der Waals surface area contributed by atoms with Crippen molar-refractivity contribution in [3.8, 4) is 6.07 Å². The van der Waals surface area contributed by atoms with E-state index in [0.717, 1.165) is 6.54 Å². The van der Waals surface area contributed by atoms with E-state index >= 15 is 0 Å². The van der Waals surface area contributed by atoms with Crippen LogP contribution in [0, 0.1) is 11.3 Å². The number of nitriles is 1. The summed E-state index contributed by atoms with van der Waals surface area (Å²) >= 11 is 0. The largest absolute Gasteiger partial charge is 0.673 e. The molecule has 128 valence electrons. The number of nitrogens with zero attached hydrogens (tertiary/aromatic N) is 2. The number of aromatic nitrogens is 1. The van der Waals surface area contributed by atoms with Gasteiger partial charge in [-0.1, -0.05) is 45.0 Å². The molecule has 0 aliphatic rings. The van der Waals surface area contributed by atoms with Gasteiger partial charge >= 0.3 is 7.25 Å². The van der Waals surface area contributed by atoms with Crippen LogP contribution in [0.2, 0.25) is 0 Å². The van der Waals surface area contributed by atoms with Gasteiger partial charge in [-0.15, -0.1) is 0 Å². The molecule has 1 heterocycles. The third kappa shape index (κ3) is 7.77. The lowest BCUT2D eigenvalue weighted by Gasteiger charge is -2.18. The van der Waals surface area contributed by atoms with Crippen LogP contribution in [0.25, 0.3) is 0 Å². The summed E-state index contributed by atoms with van der Waals surface area (Å²) in [4.78, 5) is 0. The highest BCUT2D eigenvalue weighted by molar-refractivity contribution is 6.50. The molecule has 0 N–H and O–H groups in total. The monoisotopic (exact) mass is 338 g/mol. The van der Waals surface area contributed by atoms with E-state index in [1.54, 1.807) is 0 Å². The Bertz CT molecular complexity index is 675. The third-order valence-electron chi connectivity index (χ3n) is 3.21. The zero-order chi connectivity index (χ0) is 18.4. The lowest BCUT2D eigenvalue weighted by molar-refractivity contribution is -0.688. The van der Waals surface area contributed by atoms with Crippen molar-refractivity contribution >= 4 is 7.25 Å². The molecular weight excluding hydrogens is 319 g/mol. The molecule has 0 spiro atoms. The minimum absolute atomic E-state index is 0.195. The van der Waals surface area contributed by atoms with Crippen molar-refractivity contribution < 1.29 is 21.8 Å². The van der Waals surface area contributed by atoms with Gasteiger partial charge in [0.25, 0.3) is 0 Å². The maximum atomic E-state index is 9.75. The van der Waals surface area contributed by atoms with Crippen LogP contribution >= 0.6 is 0 Å². The summed E-state index contributed by atoms with van der Waals surface area (Å²) in [5.74, 6) is 0. The molecule has 2 aromatic rings. The fourth-order valence-corrected chi connectivity index (χ4v) is 1.96. The maximum Gasteiger partial charge on any atom is 0.673 e. The fourth-order valence-electron chi connectivity index (χ4n) is 1.96. The minimum Gasteiger partial charge on any atom is -0.418 e. The Kier molecular flexibility index (Phi) is 6.53. The van der Waals surface area contributed by atoms with E-state index in [0.29, 0.717) is 5.56 Å². The van der Waals surface area contributed by atoms with Crippen LogP contribution < -0.4 is 4.57 Å². The summed E-state index contributed by atoms with van der Waals surface area (Å²) in [6.45, 7) is 7.49. The summed E-state index contributed by atoms with van der Waals surface area (Å²) in [6.07, 6.45) is 3.88. The quantitative estimate of drug-likeness (QED) is 0.450. The van der Waals surface area contributed by atoms with Crippen LogP contribution in [-0.4, -0.2) is 7.25 Å². The van der Waals surface area contributed by atoms with Crippen LogP contribution in [-0.2, 0) is 12.0 Å². The number of rotatable bonds is 2. The summed E-state index contributed by atoms with van der Waals surface area (Å²) in [7, 11) is -6.00. The molecule has 1 aromatic carbocycles. The average Bonchev–Trinajstić information content (AvgIpc) is 2.46. The molecule has 0 radical (unpaired) electrons. The van der Waals surface area contributed by atoms with Gasteiger partial charge in [0, 0.05) is 17.7 Å². The van der Waals surface area contributed by atoms with Gasteiger partial charge in [0.2, 0.25) is 0 Å². The molecule has 7 heteroatoms. The highest BCUT2D eigenvalue weighted by Gasteiger charge is 2.20. The van der Waals surface area contributed by atoms with Crippen LogP contribution in [0.3, 0.4) is 0 Å². The first-order valence-electron chi connectivity index (χ1n) is 7.35. The predicted molar refractivity (Wildman–Crippen MR) is 85.8 cm³/mol. The van der Waals surface area contributed by atoms with Crippen LogP contribution in [0.1, 0.15) is 37.5 Å². The average molecular weight is 338 g/mol. The van der Waals surface area contributed by atoms with E-state index in [2.05, 4.69) is 55.7 Å². The standard InChI is InChI=1S/C17H19N2.BF4/c1-17(2,3)16-6-4-15(5-7-16)13-19-10-8-14(12-18)9-11-19;2-1(3,4)5/h4-11H,13H2,1-3H3;/q+1;-1. The molecule has 0 aliphatic carbocycles. The highest BCUT2D eigenvalue weighted by atomic mass is 19.5. The van der Waals surface area contributed by atoms with E-state index in [9.17, 15) is 17.3 Å². The molecule has 0 saturated heterocycles. The Labute approximate surface area is 139 Å². The lowest BCUT2D eigenvalue weighted by Crippen LogP contribution is -2.33. The molecular formula is C17H19BF4N2. The van der Waals surface area contributed by atoms with Crippen molar-refractivity contribution in [3.63, 3.8) is 0 Å². The zero-order valence-electron chi connectivity index (χ0n) is 13.8. The predicted octanol–water partition coefficient (Wildman–Crippen LogP) is 4.49. The molecule has 0 atom stereocenters. The number of hydrogen-bond acceptors (Lipinski definition) is 1. The van der Waals surface area contributed by atoms with Crippen molar-refractivity contribution in [2.24, 2.45) is 0 Å². The molecule has 0 unspecified atom stereocenters. The van der Waals surface area contributed by atoms with Gasteiger partial charge in [0.15, 0.2) is 18.9 Å². The molecule has 0 fully saturated rings. The lowest BCUT2D eigenvalue weighted by atomic mass is 9.87. The summed E-state index contributed by atoms with van der Waals surface area (Å²) in [5.41, 5.74) is 3.50. The molecule has 1 aromatic heterocycles. The van der Waals surface area contributed by atoms with E-state index in [1.165, 1.54) is 11.1 Å². The van der Waals surface area contributed by atoms with Gasteiger partial charge in [-0.25, -0.2) is 4.57 Å². The van der Waals surface area contributed by atoms with E-state index in [1.807, 2.05) is 24.5 Å². The summed E-state index contributed by atoms with van der Waals surface area (Å²) in [6, 6.07) is 14.5. The number of benzene rings is 1. The van der Waals surface area contributed by atoms with E-state index < -0.39 is 7.25 Å². The SMILES string of the molecule is CC(C)(C)c1ccc(C[n+]2ccc(C#N)cc2)cc1.F[B-](F)(F)F. The Morgan fingerprint density at radius 2 is 1.42 bits per heavy atom. The third-order valence-corrected chi connectivity index (χ3v) is 3.21. The molecule has 0 aliphatic heterocycles. The second-order valence-corrected chi connectivity index (χ2v) is 6.31. The Morgan fingerprint density at radius 1 is 0.958 bits per heavy atom. The van der Waals surface area contributed by atoms with E-state index in [4.69, 9.17) is 5.26 Å². The van der Waals surface area contributed by atoms with Gasteiger partial charge in [0.05, 0.1) is 11.6 Å². The summed E-state index contributed by atoms with van der Waals surface area (Å²) in [5, 5.41) is 8.77. The van der Waals surface area contributed by atoms with Crippen molar-refractivity contribution in [2.45, 2.75) is 32.7 Å². The van der Waals surface area contributed by atoms with Crippen molar-refractivity contribution in [1.29, 1.82) is 5.26 Å². The van der Waals surface area contributed by atoms with Gasteiger partial charge < -0.3 is 17.3 Å². The van der Waals surface area contributed by atoms with E-state index in [-0.39, 0.29) is 5.41 Å². The normalized spacial score (nSPS) is 11.2. The number of halogens is 4. The summed E-state index contributed by atoms with van der Waals surface area (Å²) < 4.78 is 41.1. The molecule has 0 amide bonds. The second kappa shape index (κ2) is 7.96. The Hall–Kier alpha value is -2.36. The van der Waals surface area contributed by atoms with Crippen molar-refractivity contribution in [3.05, 3.63) is 65.5 Å². The minimum atomic E-state index is -6.00. The van der Waals surface area contributed by atoms with Gasteiger partial charge in [-0.3, -0.25) is 0 Å². The van der Waals surface area contributed by atoms with Gasteiger partial charge in [-0.2, -0.15) is 5.26 Å². The second-order valence-electron chi connectivity index (χ2n) is 6.31. The maximum absolute atomic E-state index is 9.75. The number of hydrogen-bond donors (Lipinski definition) is 0. The molecule has 24 heavy (non-hydrogen) atoms. The Morgan fingerprint density at radius 3 is 1.79 bits per heavy atom. The molecule has 2 rings (SSSR count). The van der Waals surface area contributed by atoms with Crippen LogP contribution in [0.4, 0.5) is 17.3 Å². The van der Waals surface area contributed by atoms with Crippen molar-refractivity contribution in [1.82, 2.24) is 0 Å². The van der Waals surface area contributed by atoms with Crippen molar-refractivity contribution in [2.75, 3.05) is 0 Å². The molecule has 0 saturated carbocycles. The van der Waals surface area contributed by atoms with Crippen LogP contribution in [0.15, 0.2) is 48.8 Å². The van der Waals surface area contributed by atoms with Gasteiger partial charge in [0.1, 0.15) is 0 Å². The number of pyridine rings is 1.